The van der Waals surface area contributed by atoms with Crippen LogP contribution in [0, 0.1) is 5.41 Å². The fourth-order valence-electron chi connectivity index (χ4n) is 3.81. The van der Waals surface area contributed by atoms with Crippen LogP contribution in [0.3, 0.4) is 0 Å². The number of amidine groups is 1. The van der Waals surface area contributed by atoms with E-state index in [1.165, 1.54) is 44.9 Å². The molecule has 2 fully saturated rings. The monoisotopic (exact) mass is 288 g/mol. The summed E-state index contributed by atoms with van der Waals surface area (Å²) in [5.74, 6) is 1.00. The molecule has 1 aliphatic carbocycles. The van der Waals surface area contributed by atoms with Gasteiger partial charge in [-0.3, -0.25) is 0 Å². The van der Waals surface area contributed by atoms with Crippen molar-refractivity contribution in [2.45, 2.75) is 44.9 Å². The smallest absolute Gasteiger partial charge is 0.188 e. The average Bonchev–Trinajstić information content (AvgIpc) is 2.56. The molecule has 0 aromatic carbocycles. The van der Waals surface area contributed by atoms with E-state index in [4.69, 9.17) is 10.9 Å². The van der Waals surface area contributed by atoms with E-state index in [0.29, 0.717) is 11.1 Å². The second-order valence-corrected chi connectivity index (χ2v) is 6.41. The second-order valence-electron chi connectivity index (χ2n) is 6.41. The normalized spacial score (nSPS) is 22.5. The van der Waals surface area contributed by atoms with Gasteiger partial charge in [-0.05, 0) is 43.2 Å². The van der Waals surface area contributed by atoms with Crippen molar-refractivity contribution < 1.29 is 5.21 Å². The lowest BCUT2D eigenvalue weighted by atomic mass is 9.68. The summed E-state index contributed by atoms with van der Waals surface area (Å²) in [5, 5.41) is 11.8. The quantitative estimate of drug-likeness (QED) is 0.380. The van der Waals surface area contributed by atoms with Crippen LogP contribution in [0.4, 0.5) is 5.82 Å². The molecule has 0 bridgehead atoms. The summed E-state index contributed by atoms with van der Waals surface area (Å²) in [5.41, 5.74) is 6.75. The molecule has 1 saturated carbocycles. The topological polar surface area (TPSA) is 74.7 Å². The molecular weight excluding hydrogens is 264 g/mol. The van der Waals surface area contributed by atoms with Crippen molar-refractivity contribution in [1.82, 2.24) is 4.98 Å². The number of anilines is 1. The zero-order valence-electron chi connectivity index (χ0n) is 12.5. The summed E-state index contributed by atoms with van der Waals surface area (Å²) >= 11 is 0. The van der Waals surface area contributed by atoms with Crippen molar-refractivity contribution >= 4 is 11.7 Å². The Balaban J connectivity index is 1.69. The minimum atomic E-state index is 0.0672. The highest BCUT2D eigenvalue weighted by Gasteiger charge is 2.35. The van der Waals surface area contributed by atoms with E-state index in [1.54, 1.807) is 6.07 Å². The maximum absolute atomic E-state index is 8.76. The molecule has 1 aromatic rings. The summed E-state index contributed by atoms with van der Waals surface area (Å²) in [6.07, 6.45) is 9.55. The van der Waals surface area contributed by atoms with Crippen molar-refractivity contribution in [3.63, 3.8) is 0 Å². The summed E-state index contributed by atoms with van der Waals surface area (Å²) in [7, 11) is 0. The van der Waals surface area contributed by atoms with Gasteiger partial charge in [-0.25, -0.2) is 4.98 Å². The summed E-state index contributed by atoms with van der Waals surface area (Å²) in [4.78, 5) is 6.84. The summed E-state index contributed by atoms with van der Waals surface area (Å²) in [6.45, 7) is 2.12. The minimum absolute atomic E-state index is 0.0672. The molecule has 1 aliphatic heterocycles. The van der Waals surface area contributed by atoms with E-state index >= 15 is 0 Å². The first kappa shape index (κ1) is 14.2. The third-order valence-corrected chi connectivity index (χ3v) is 5.17. The van der Waals surface area contributed by atoms with Gasteiger partial charge in [-0.2, -0.15) is 0 Å². The van der Waals surface area contributed by atoms with E-state index in [2.05, 4.69) is 15.0 Å². The Kier molecular flexibility index (Phi) is 3.99. The molecule has 2 heterocycles. The molecule has 0 atom stereocenters. The van der Waals surface area contributed by atoms with Gasteiger partial charge < -0.3 is 15.8 Å². The van der Waals surface area contributed by atoms with E-state index < -0.39 is 0 Å². The van der Waals surface area contributed by atoms with Gasteiger partial charge in [-0.1, -0.05) is 30.5 Å². The van der Waals surface area contributed by atoms with Crippen LogP contribution < -0.4 is 10.6 Å². The van der Waals surface area contributed by atoms with Gasteiger partial charge in [0.15, 0.2) is 5.84 Å². The molecule has 1 saturated heterocycles. The highest BCUT2D eigenvalue weighted by molar-refractivity contribution is 5.95. The predicted molar refractivity (Wildman–Crippen MR) is 83.7 cm³/mol. The molecule has 3 N–H and O–H groups in total. The third kappa shape index (κ3) is 2.96. The fraction of sp³-hybridized carbons (Fsp3) is 0.625. The Labute approximate surface area is 125 Å². The number of rotatable bonds is 2. The molecule has 0 radical (unpaired) electrons. The molecule has 1 spiro atoms. The Morgan fingerprint density at radius 3 is 2.52 bits per heavy atom. The molecule has 3 rings (SSSR count). The zero-order chi connectivity index (χ0) is 14.7. The summed E-state index contributed by atoms with van der Waals surface area (Å²) < 4.78 is 0. The van der Waals surface area contributed by atoms with Crippen LogP contribution in [0.15, 0.2) is 23.4 Å². The fourth-order valence-corrected chi connectivity index (χ4v) is 3.81. The molecule has 5 nitrogen and oxygen atoms in total. The first-order valence-electron chi connectivity index (χ1n) is 7.92. The molecule has 2 aliphatic rings. The molecular formula is C16H24N4O. The number of aromatic nitrogens is 1. The maximum atomic E-state index is 8.76. The van der Waals surface area contributed by atoms with Crippen LogP contribution in [0.1, 0.15) is 50.6 Å². The van der Waals surface area contributed by atoms with Gasteiger partial charge in [0.2, 0.25) is 0 Å². The Hall–Kier alpha value is -1.78. The molecule has 21 heavy (non-hydrogen) atoms. The van der Waals surface area contributed by atoms with Crippen LogP contribution in [0.25, 0.3) is 0 Å². The van der Waals surface area contributed by atoms with Crippen molar-refractivity contribution in [2.75, 3.05) is 18.0 Å². The van der Waals surface area contributed by atoms with E-state index in [9.17, 15) is 0 Å². The van der Waals surface area contributed by atoms with Crippen molar-refractivity contribution in [2.24, 2.45) is 16.3 Å². The largest absolute Gasteiger partial charge is 0.409 e. The lowest BCUT2D eigenvalue weighted by molar-refractivity contribution is 0.144. The predicted octanol–water partition coefficient (Wildman–Crippen LogP) is 2.73. The average molecular weight is 288 g/mol. The molecule has 5 heteroatoms. The zero-order valence-corrected chi connectivity index (χ0v) is 12.5. The number of nitrogens with two attached hydrogens (primary N) is 1. The molecule has 0 amide bonds. The number of piperidine rings is 1. The van der Waals surface area contributed by atoms with Crippen LogP contribution in [0.5, 0.6) is 0 Å². The summed E-state index contributed by atoms with van der Waals surface area (Å²) in [6, 6.07) is 5.69. The van der Waals surface area contributed by atoms with Crippen LogP contribution in [-0.2, 0) is 0 Å². The van der Waals surface area contributed by atoms with Crippen LogP contribution in [-0.4, -0.2) is 29.1 Å². The Morgan fingerprint density at radius 2 is 1.86 bits per heavy atom. The first-order chi connectivity index (χ1) is 10.2. The van der Waals surface area contributed by atoms with Gasteiger partial charge >= 0.3 is 0 Å². The Morgan fingerprint density at radius 1 is 1.14 bits per heavy atom. The first-order valence-corrected chi connectivity index (χ1v) is 7.92. The maximum Gasteiger partial charge on any atom is 0.188 e. The van der Waals surface area contributed by atoms with Crippen LogP contribution in [0.2, 0.25) is 0 Å². The second kappa shape index (κ2) is 5.92. The van der Waals surface area contributed by atoms with Gasteiger partial charge in [-0.15, -0.1) is 0 Å². The lowest BCUT2D eigenvalue weighted by Crippen LogP contribution is -2.41. The van der Waals surface area contributed by atoms with E-state index in [0.717, 1.165) is 18.9 Å². The number of nitrogens with zero attached hydrogens (tertiary/aromatic N) is 3. The van der Waals surface area contributed by atoms with E-state index in [-0.39, 0.29) is 5.84 Å². The SMILES string of the molecule is NC(=NO)c1cccc(N2CCC3(CCCCC3)CC2)n1. The van der Waals surface area contributed by atoms with E-state index in [1.807, 2.05) is 12.1 Å². The standard InChI is InChI=1S/C16H24N4O/c17-15(19-21)13-5-4-6-14(18-13)20-11-9-16(10-12-20)7-2-1-3-8-16/h4-6,21H,1-3,7-12H2,(H2,17,19). The molecule has 0 unspecified atom stereocenters. The van der Waals surface area contributed by atoms with Gasteiger partial charge in [0.1, 0.15) is 11.5 Å². The van der Waals surface area contributed by atoms with Gasteiger partial charge in [0.05, 0.1) is 0 Å². The number of hydrogen-bond donors (Lipinski definition) is 2. The lowest BCUT2D eigenvalue weighted by Gasteiger charge is -2.44. The minimum Gasteiger partial charge on any atom is -0.409 e. The molecule has 114 valence electrons. The highest BCUT2D eigenvalue weighted by atomic mass is 16.4. The molecule has 1 aromatic heterocycles. The third-order valence-electron chi connectivity index (χ3n) is 5.17. The number of pyridine rings is 1. The Bertz CT molecular complexity index is 513. The van der Waals surface area contributed by atoms with Crippen molar-refractivity contribution in [3.05, 3.63) is 23.9 Å². The van der Waals surface area contributed by atoms with Crippen molar-refractivity contribution in [3.8, 4) is 0 Å². The van der Waals surface area contributed by atoms with Gasteiger partial charge in [0, 0.05) is 13.1 Å². The van der Waals surface area contributed by atoms with Gasteiger partial charge in [0.25, 0.3) is 0 Å². The van der Waals surface area contributed by atoms with Crippen LogP contribution >= 0.6 is 0 Å². The van der Waals surface area contributed by atoms with Crippen molar-refractivity contribution in [1.29, 1.82) is 0 Å². The highest BCUT2D eigenvalue weighted by Crippen LogP contribution is 2.44. The number of oxime groups is 1. The number of hydrogen-bond acceptors (Lipinski definition) is 4.